The molecule has 0 unspecified atom stereocenters. The maximum Gasteiger partial charge on any atom is 0.254 e. The Bertz CT molecular complexity index is 410. The predicted molar refractivity (Wildman–Crippen MR) is 71.9 cm³/mol. The summed E-state index contributed by atoms with van der Waals surface area (Å²) in [7, 11) is 2.05. The van der Waals surface area contributed by atoms with Crippen molar-refractivity contribution in [2.75, 3.05) is 31.6 Å². The topological polar surface area (TPSA) is 43.8 Å². The number of hydrogen-bond acceptors (Lipinski definition) is 3. The first-order valence-corrected chi connectivity index (χ1v) is 6.40. The second-order valence-corrected chi connectivity index (χ2v) is 4.83. The molecular weight excluding hydrogens is 228 g/mol. The number of nitrogens with zero attached hydrogens (tertiary/aromatic N) is 2. The lowest BCUT2D eigenvalue weighted by Crippen LogP contribution is -2.53. The summed E-state index contributed by atoms with van der Waals surface area (Å²) < 4.78 is 0. The van der Waals surface area contributed by atoms with Crippen LogP contribution >= 0.6 is 0 Å². The van der Waals surface area contributed by atoms with E-state index in [1.54, 1.807) is 4.90 Å². The van der Waals surface area contributed by atoms with Crippen LogP contribution in [0.2, 0.25) is 0 Å². The maximum absolute atomic E-state index is 12.0. The van der Waals surface area contributed by atoms with Gasteiger partial charge in [-0.3, -0.25) is 4.79 Å². The molecule has 2 rings (SSSR count). The van der Waals surface area contributed by atoms with E-state index in [2.05, 4.69) is 11.8 Å². The van der Waals surface area contributed by atoms with E-state index >= 15 is 0 Å². The third-order valence-electron chi connectivity index (χ3n) is 3.26. The van der Waals surface area contributed by atoms with Crippen LogP contribution in [0, 0.1) is 0 Å². The standard InChI is InChI=1S/C14H20N2O2/c1-3-8-15(2)12-6-4-11(5-7-12)14(18)16-9-13(17)10-16/h4-7,13,17H,3,8-10H2,1-2H3. The molecule has 18 heavy (non-hydrogen) atoms. The smallest absolute Gasteiger partial charge is 0.254 e. The number of hydrogen-bond donors (Lipinski definition) is 1. The molecule has 4 heteroatoms. The van der Waals surface area contributed by atoms with Crippen molar-refractivity contribution in [3.8, 4) is 0 Å². The number of carbonyl (C=O) groups excluding carboxylic acids is 1. The number of likely N-dealkylation sites (tertiary alicyclic amines) is 1. The summed E-state index contributed by atoms with van der Waals surface area (Å²) >= 11 is 0. The zero-order chi connectivity index (χ0) is 13.1. The summed E-state index contributed by atoms with van der Waals surface area (Å²) in [6.45, 7) is 4.06. The van der Waals surface area contributed by atoms with Gasteiger partial charge in [-0.05, 0) is 30.7 Å². The number of aliphatic hydroxyl groups is 1. The molecule has 1 fully saturated rings. The number of amides is 1. The molecule has 0 radical (unpaired) electrons. The summed E-state index contributed by atoms with van der Waals surface area (Å²) in [4.78, 5) is 15.8. The SMILES string of the molecule is CCCN(C)c1ccc(C(=O)N2CC(O)C2)cc1. The second-order valence-electron chi connectivity index (χ2n) is 4.83. The van der Waals surface area contributed by atoms with Crippen LogP contribution in [0.5, 0.6) is 0 Å². The molecule has 4 nitrogen and oxygen atoms in total. The Labute approximate surface area is 108 Å². The first kappa shape index (κ1) is 12.9. The first-order chi connectivity index (χ1) is 8.61. The van der Waals surface area contributed by atoms with Gasteiger partial charge in [0.15, 0.2) is 0 Å². The lowest BCUT2D eigenvalue weighted by molar-refractivity contribution is 0.00590. The molecule has 1 heterocycles. The van der Waals surface area contributed by atoms with Crippen LogP contribution in [0.25, 0.3) is 0 Å². The number of carbonyl (C=O) groups is 1. The lowest BCUT2D eigenvalue weighted by Gasteiger charge is -2.35. The van der Waals surface area contributed by atoms with E-state index in [1.165, 1.54) is 0 Å². The van der Waals surface area contributed by atoms with E-state index in [4.69, 9.17) is 0 Å². The Morgan fingerprint density at radius 3 is 2.50 bits per heavy atom. The molecule has 0 aliphatic carbocycles. The average molecular weight is 248 g/mol. The third-order valence-corrected chi connectivity index (χ3v) is 3.26. The lowest BCUT2D eigenvalue weighted by atomic mass is 10.1. The summed E-state index contributed by atoms with van der Waals surface area (Å²) in [6, 6.07) is 7.65. The average Bonchev–Trinajstić information content (AvgIpc) is 2.35. The van der Waals surface area contributed by atoms with Crippen LogP contribution in [-0.4, -0.2) is 48.7 Å². The molecule has 1 aromatic carbocycles. The van der Waals surface area contributed by atoms with Crippen LogP contribution in [0.15, 0.2) is 24.3 Å². The van der Waals surface area contributed by atoms with E-state index in [1.807, 2.05) is 31.3 Å². The van der Waals surface area contributed by atoms with Gasteiger partial charge in [-0.15, -0.1) is 0 Å². The summed E-state index contributed by atoms with van der Waals surface area (Å²) in [6.07, 6.45) is 0.756. The Balaban J connectivity index is 2.01. The monoisotopic (exact) mass is 248 g/mol. The minimum absolute atomic E-state index is 0.00462. The normalized spacial score (nSPS) is 15.4. The highest BCUT2D eigenvalue weighted by molar-refractivity contribution is 5.95. The third kappa shape index (κ3) is 2.64. The quantitative estimate of drug-likeness (QED) is 0.874. The van der Waals surface area contributed by atoms with Crippen molar-refractivity contribution in [2.45, 2.75) is 19.4 Å². The van der Waals surface area contributed by atoms with Crippen LogP contribution < -0.4 is 4.90 Å². The number of anilines is 1. The van der Waals surface area contributed by atoms with Crippen molar-refractivity contribution in [1.29, 1.82) is 0 Å². The van der Waals surface area contributed by atoms with Gasteiger partial charge in [-0.2, -0.15) is 0 Å². The summed E-state index contributed by atoms with van der Waals surface area (Å²) in [5, 5.41) is 9.19. The van der Waals surface area contributed by atoms with Crippen molar-refractivity contribution in [1.82, 2.24) is 4.90 Å². The van der Waals surface area contributed by atoms with Gasteiger partial charge in [-0.25, -0.2) is 0 Å². The van der Waals surface area contributed by atoms with E-state index in [0.717, 1.165) is 18.7 Å². The fourth-order valence-corrected chi connectivity index (χ4v) is 2.13. The minimum Gasteiger partial charge on any atom is -0.389 e. The molecule has 1 amide bonds. The van der Waals surface area contributed by atoms with Gasteiger partial charge in [0, 0.05) is 37.9 Å². The molecule has 0 aromatic heterocycles. The van der Waals surface area contributed by atoms with Crippen LogP contribution in [0.3, 0.4) is 0 Å². The predicted octanol–water partition coefficient (Wildman–Crippen LogP) is 1.35. The molecule has 1 N–H and O–H groups in total. The fourth-order valence-electron chi connectivity index (χ4n) is 2.13. The number of aliphatic hydroxyl groups excluding tert-OH is 1. The molecule has 1 saturated heterocycles. The van der Waals surface area contributed by atoms with Gasteiger partial charge in [0.2, 0.25) is 0 Å². The van der Waals surface area contributed by atoms with Crippen molar-refractivity contribution in [3.05, 3.63) is 29.8 Å². The van der Waals surface area contributed by atoms with Crippen LogP contribution in [0.1, 0.15) is 23.7 Å². The highest BCUT2D eigenvalue weighted by atomic mass is 16.3. The molecule has 1 aromatic rings. The molecule has 1 aliphatic rings. The van der Waals surface area contributed by atoms with Gasteiger partial charge in [0.05, 0.1) is 6.10 Å². The van der Waals surface area contributed by atoms with E-state index in [0.29, 0.717) is 18.7 Å². The van der Waals surface area contributed by atoms with Crippen molar-refractivity contribution in [3.63, 3.8) is 0 Å². The second kappa shape index (κ2) is 5.40. The first-order valence-electron chi connectivity index (χ1n) is 6.40. The molecule has 0 bridgehead atoms. The van der Waals surface area contributed by atoms with E-state index < -0.39 is 0 Å². The number of rotatable bonds is 4. The molecule has 0 saturated carbocycles. The highest BCUT2D eigenvalue weighted by Gasteiger charge is 2.29. The Morgan fingerprint density at radius 2 is 2.00 bits per heavy atom. The Kier molecular flexibility index (Phi) is 3.87. The minimum atomic E-state index is -0.344. The zero-order valence-electron chi connectivity index (χ0n) is 11.0. The van der Waals surface area contributed by atoms with Gasteiger partial charge in [0.25, 0.3) is 5.91 Å². The zero-order valence-corrected chi connectivity index (χ0v) is 11.0. The van der Waals surface area contributed by atoms with E-state index in [-0.39, 0.29) is 12.0 Å². The van der Waals surface area contributed by atoms with Crippen molar-refractivity contribution >= 4 is 11.6 Å². The van der Waals surface area contributed by atoms with Gasteiger partial charge >= 0.3 is 0 Å². The Morgan fingerprint density at radius 1 is 1.39 bits per heavy atom. The highest BCUT2D eigenvalue weighted by Crippen LogP contribution is 2.17. The molecule has 0 atom stereocenters. The van der Waals surface area contributed by atoms with Gasteiger partial charge in [0.1, 0.15) is 0 Å². The largest absolute Gasteiger partial charge is 0.389 e. The van der Waals surface area contributed by atoms with Gasteiger partial charge in [-0.1, -0.05) is 6.92 Å². The fraction of sp³-hybridized carbons (Fsp3) is 0.500. The molecule has 0 spiro atoms. The van der Waals surface area contributed by atoms with Crippen molar-refractivity contribution in [2.24, 2.45) is 0 Å². The van der Waals surface area contributed by atoms with Crippen LogP contribution in [0.4, 0.5) is 5.69 Å². The summed E-state index contributed by atoms with van der Waals surface area (Å²) in [5.41, 5.74) is 1.81. The number of β-amino-alcohol motifs (C(OH)–C–C–N with tert-alkyl or cyclic N) is 1. The molecular formula is C14H20N2O2. The number of benzene rings is 1. The molecule has 1 aliphatic heterocycles. The summed E-state index contributed by atoms with van der Waals surface area (Å²) in [5.74, 6) is 0.00462. The maximum atomic E-state index is 12.0. The molecule has 98 valence electrons. The van der Waals surface area contributed by atoms with Crippen molar-refractivity contribution < 1.29 is 9.90 Å². The van der Waals surface area contributed by atoms with E-state index in [9.17, 15) is 9.90 Å². The Hall–Kier alpha value is -1.55. The van der Waals surface area contributed by atoms with Gasteiger partial charge < -0.3 is 14.9 Å². The van der Waals surface area contributed by atoms with Crippen LogP contribution in [-0.2, 0) is 0 Å².